The zero-order valence-corrected chi connectivity index (χ0v) is 13.3. The van der Waals surface area contributed by atoms with Crippen LogP contribution in [0.1, 0.15) is 52.4 Å². The van der Waals surface area contributed by atoms with Crippen molar-refractivity contribution >= 4 is 11.9 Å². The molecule has 1 amide bonds. The van der Waals surface area contributed by atoms with E-state index in [4.69, 9.17) is 4.74 Å². The average Bonchev–Trinajstić information content (AvgIpc) is 2.90. The van der Waals surface area contributed by atoms with E-state index in [2.05, 4.69) is 12.2 Å². The molecule has 0 bridgehead atoms. The molecule has 3 atom stereocenters. The van der Waals surface area contributed by atoms with Gasteiger partial charge in [0.1, 0.15) is 6.04 Å². The summed E-state index contributed by atoms with van der Waals surface area (Å²) < 4.78 is 5.09. The molecule has 5 nitrogen and oxygen atoms in total. The Labute approximate surface area is 127 Å². The van der Waals surface area contributed by atoms with Crippen molar-refractivity contribution in [3.63, 3.8) is 0 Å². The first-order valence-electron chi connectivity index (χ1n) is 8.32. The van der Waals surface area contributed by atoms with Gasteiger partial charge in [-0.05, 0) is 45.1 Å². The molecule has 0 aromatic carbocycles. The standard InChI is InChI=1S/C16H28N2O3/c1-3-21-16(20)14-9-6-10-18(14)11-15(19)17-13-8-5-4-7-12(13)2/h12-14H,3-11H2,1-2H3,(H,17,19). The van der Waals surface area contributed by atoms with Crippen molar-refractivity contribution in [2.75, 3.05) is 19.7 Å². The summed E-state index contributed by atoms with van der Waals surface area (Å²) in [5, 5.41) is 3.15. The number of ether oxygens (including phenoxy) is 1. The van der Waals surface area contributed by atoms with Crippen molar-refractivity contribution in [2.24, 2.45) is 5.92 Å². The van der Waals surface area contributed by atoms with Crippen molar-refractivity contribution in [3.8, 4) is 0 Å². The maximum atomic E-state index is 12.2. The summed E-state index contributed by atoms with van der Waals surface area (Å²) in [5.41, 5.74) is 0. The Morgan fingerprint density at radius 2 is 1.95 bits per heavy atom. The van der Waals surface area contributed by atoms with Crippen molar-refractivity contribution in [1.82, 2.24) is 10.2 Å². The smallest absolute Gasteiger partial charge is 0.323 e. The lowest BCUT2D eigenvalue weighted by Crippen LogP contribution is -2.48. The first-order valence-corrected chi connectivity index (χ1v) is 8.32. The van der Waals surface area contributed by atoms with E-state index >= 15 is 0 Å². The van der Waals surface area contributed by atoms with Crippen molar-refractivity contribution in [1.29, 1.82) is 0 Å². The van der Waals surface area contributed by atoms with E-state index in [0.29, 0.717) is 25.1 Å². The first kappa shape index (κ1) is 16.3. The zero-order valence-electron chi connectivity index (χ0n) is 13.3. The molecule has 120 valence electrons. The predicted octanol–water partition coefficient (Wildman–Crippen LogP) is 1.71. The summed E-state index contributed by atoms with van der Waals surface area (Å²) in [6.45, 7) is 5.54. The minimum atomic E-state index is -0.237. The third-order valence-electron chi connectivity index (χ3n) is 4.73. The Morgan fingerprint density at radius 1 is 1.19 bits per heavy atom. The monoisotopic (exact) mass is 296 g/mol. The van der Waals surface area contributed by atoms with Crippen LogP contribution in [0.3, 0.4) is 0 Å². The molecule has 3 unspecified atom stereocenters. The third kappa shape index (κ3) is 4.43. The quantitative estimate of drug-likeness (QED) is 0.785. The molecule has 1 aliphatic carbocycles. The lowest BCUT2D eigenvalue weighted by atomic mass is 9.86. The molecule has 1 N–H and O–H groups in total. The zero-order chi connectivity index (χ0) is 15.2. The van der Waals surface area contributed by atoms with E-state index in [1.165, 1.54) is 19.3 Å². The number of likely N-dealkylation sites (tertiary alicyclic amines) is 1. The van der Waals surface area contributed by atoms with Gasteiger partial charge in [-0.15, -0.1) is 0 Å². The van der Waals surface area contributed by atoms with Crippen LogP contribution in [-0.4, -0.2) is 48.6 Å². The van der Waals surface area contributed by atoms with Crippen LogP contribution in [0.4, 0.5) is 0 Å². The Morgan fingerprint density at radius 3 is 2.67 bits per heavy atom. The Balaban J connectivity index is 1.82. The number of nitrogens with zero attached hydrogens (tertiary/aromatic N) is 1. The summed E-state index contributed by atoms with van der Waals surface area (Å²) >= 11 is 0. The van der Waals surface area contributed by atoms with Crippen molar-refractivity contribution in [2.45, 2.75) is 64.5 Å². The highest BCUT2D eigenvalue weighted by atomic mass is 16.5. The second kappa shape index (κ2) is 7.78. The number of carbonyl (C=O) groups is 2. The van der Waals surface area contributed by atoms with Gasteiger partial charge in [0.2, 0.25) is 5.91 Å². The van der Waals surface area contributed by atoms with E-state index in [9.17, 15) is 9.59 Å². The summed E-state index contributed by atoms with van der Waals surface area (Å²) in [6.07, 6.45) is 6.49. The van der Waals surface area contributed by atoms with Gasteiger partial charge in [-0.2, -0.15) is 0 Å². The highest BCUT2D eigenvalue weighted by Crippen LogP contribution is 2.24. The lowest BCUT2D eigenvalue weighted by molar-refractivity contribution is -0.148. The number of amides is 1. The largest absolute Gasteiger partial charge is 0.465 e. The summed E-state index contributed by atoms with van der Waals surface area (Å²) in [5.74, 6) is 0.418. The fourth-order valence-electron chi connectivity index (χ4n) is 3.49. The molecule has 1 heterocycles. The predicted molar refractivity (Wildman–Crippen MR) is 80.8 cm³/mol. The number of hydrogen-bond acceptors (Lipinski definition) is 4. The normalized spacial score (nSPS) is 30.1. The van der Waals surface area contributed by atoms with E-state index in [1.807, 2.05) is 11.8 Å². The van der Waals surface area contributed by atoms with Crippen LogP contribution in [0.15, 0.2) is 0 Å². The van der Waals surface area contributed by atoms with Gasteiger partial charge in [0.05, 0.1) is 13.2 Å². The number of hydrogen-bond donors (Lipinski definition) is 1. The van der Waals surface area contributed by atoms with Crippen LogP contribution in [0.2, 0.25) is 0 Å². The fourth-order valence-corrected chi connectivity index (χ4v) is 3.49. The average molecular weight is 296 g/mol. The van der Waals surface area contributed by atoms with Gasteiger partial charge in [-0.1, -0.05) is 19.8 Å². The van der Waals surface area contributed by atoms with Gasteiger partial charge in [0, 0.05) is 6.04 Å². The van der Waals surface area contributed by atoms with Crippen LogP contribution in [0, 0.1) is 5.92 Å². The molecule has 2 aliphatic rings. The molecular formula is C16H28N2O3. The van der Waals surface area contributed by atoms with E-state index < -0.39 is 0 Å². The van der Waals surface area contributed by atoms with Crippen LogP contribution < -0.4 is 5.32 Å². The summed E-state index contributed by atoms with van der Waals surface area (Å²) in [7, 11) is 0. The lowest BCUT2D eigenvalue weighted by Gasteiger charge is -2.30. The van der Waals surface area contributed by atoms with Crippen molar-refractivity contribution in [3.05, 3.63) is 0 Å². The second-order valence-electron chi connectivity index (χ2n) is 6.32. The van der Waals surface area contributed by atoms with Crippen LogP contribution in [0.5, 0.6) is 0 Å². The molecular weight excluding hydrogens is 268 g/mol. The summed E-state index contributed by atoms with van der Waals surface area (Å²) in [4.78, 5) is 26.1. The van der Waals surface area contributed by atoms with E-state index in [1.54, 1.807) is 0 Å². The van der Waals surface area contributed by atoms with Gasteiger partial charge in [-0.3, -0.25) is 14.5 Å². The molecule has 0 spiro atoms. The molecule has 2 rings (SSSR count). The number of rotatable bonds is 5. The maximum Gasteiger partial charge on any atom is 0.323 e. The minimum Gasteiger partial charge on any atom is -0.465 e. The molecule has 5 heteroatoms. The van der Waals surface area contributed by atoms with Gasteiger partial charge < -0.3 is 10.1 Å². The fraction of sp³-hybridized carbons (Fsp3) is 0.875. The molecule has 0 aromatic heterocycles. The van der Waals surface area contributed by atoms with Crippen LogP contribution >= 0.6 is 0 Å². The van der Waals surface area contributed by atoms with Gasteiger partial charge >= 0.3 is 5.97 Å². The minimum absolute atomic E-state index is 0.0462. The topological polar surface area (TPSA) is 58.6 Å². The van der Waals surface area contributed by atoms with Gasteiger partial charge in [0.15, 0.2) is 0 Å². The number of carbonyl (C=O) groups excluding carboxylic acids is 2. The first-order chi connectivity index (χ1) is 10.1. The summed E-state index contributed by atoms with van der Waals surface area (Å²) in [6, 6.07) is 0.0642. The van der Waals surface area contributed by atoms with Crippen molar-refractivity contribution < 1.29 is 14.3 Å². The van der Waals surface area contributed by atoms with E-state index in [-0.39, 0.29) is 17.9 Å². The second-order valence-corrected chi connectivity index (χ2v) is 6.32. The molecule has 1 saturated carbocycles. The maximum absolute atomic E-state index is 12.2. The molecule has 0 aromatic rings. The molecule has 1 saturated heterocycles. The van der Waals surface area contributed by atoms with Crippen LogP contribution in [0.25, 0.3) is 0 Å². The molecule has 1 aliphatic heterocycles. The third-order valence-corrected chi connectivity index (χ3v) is 4.73. The Hall–Kier alpha value is -1.10. The highest BCUT2D eigenvalue weighted by Gasteiger charge is 2.33. The molecule has 21 heavy (non-hydrogen) atoms. The van der Waals surface area contributed by atoms with Crippen LogP contribution in [-0.2, 0) is 14.3 Å². The highest BCUT2D eigenvalue weighted by molar-refractivity contribution is 5.81. The van der Waals surface area contributed by atoms with Gasteiger partial charge in [-0.25, -0.2) is 0 Å². The molecule has 0 radical (unpaired) electrons. The SMILES string of the molecule is CCOC(=O)C1CCCN1CC(=O)NC1CCCCC1C. The number of nitrogens with one attached hydrogen (secondary N) is 1. The Bertz CT molecular complexity index is 373. The Kier molecular flexibility index (Phi) is 6.03. The van der Waals surface area contributed by atoms with E-state index in [0.717, 1.165) is 25.8 Å². The number of esters is 1. The molecule has 2 fully saturated rings. The van der Waals surface area contributed by atoms with Gasteiger partial charge in [0.25, 0.3) is 0 Å².